The summed E-state index contributed by atoms with van der Waals surface area (Å²) in [6.45, 7) is 9.98. The molecule has 1 nitrogen and oxygen atoms in total. The fraction of sp³-hybridized carbons (Fsp3) is 0.474. The first-order valence-electron chi connectivity index (χ1n) is 8.02. The second-order valence-corrected chi connectivity index (χ2v) is 6.97. The predicted molar refractivity (Wildman–Crippen MR) is 94.4 cm³/mol. The maximum absolute atomic E-state index is 3.74. The molecule has 114 valence electrons. The first-order valence-corrected chi connectivity index (χ1v) is 8.84. The van der Waals surface area contributed by atoms with Crippen molar-refractivity contribution in [3.63, 3.8) is 0 Å². The monoisotopic (exact) mass is 301 g/mol. The molecule has 1 atom stereocenters. The van der Waals surface area contributed by atoms with Gasteiger partial charge in [-0.2, -0.15) is 0 Å². The molecule has 1 unspecified atom stereocenters. The third-order valence-electron chi connectivity index (χ3n) is 4.13. The van der Waals surface area contributed by atoms with Gasteiger partial charge < -0.3 is 5.32 Å². The summed E-state index contributed by atoms with van der Waals surface area (Å²) in [4.78, 5) is 2.97. The van der Waals surface area contributed by atoms with Crippen molar-refractivity contribution >= 4 is 11.3 Å². The highest BCUT2D eigenvalue weighted by molar-refractivity contribution is 7.11. The van der Waals surface area contributed by atoms with Crippen LogP contribution in [0.5, 0.6) is 0 Å². The van der Waals surface area contributed by atoms with Gasteiger partial charge in [-0.05, 0) is 62.1 Å². The van der Waals surface area contributed by atoms with Crippen LogP contribution >= 0.6 is 11.3 Å². The minimum atomic E-state index is 0.424. The summed E-state index contributed by atoms with van der Waals surface area (Å²) in [5.74, 6) is 0. The zero-order chi connectivity index (χ0) is 15.2. The molecule has 2 rings (SSSR count). The fourth-order valence-electron chi connectivity index (χ4n) is 2.69. The highest BCUT2D eigenvalue weighted by Gasteiger charge is 2.15. The Kier molecular flexibility index (Phi) is 6.01. The number of aryl methyl sites for hydroxylation is 2. The standard InChI is InChI=1S/C19H27NS/c1-5-12-20-19(13-17-11-10-16(6-2)21-17)18-9-7-8-14(3)15(18)4/h7-11,19-20H,5-6,12-13H2,1-4H3. The van der Waals surface area contributed by atoms with Gasteiger partial charge in [-0.15, -0.1) is 11.3 Å². The lowest BCUT2D eigenvalue weighted by molar-refractivity contribution is 0.530. The molecule has 0 saturated carbocycles. The lowest BCUT2D eigenvalue weighted by Gasteiger charge is -2.21. The highest BCUT2D eigenvalue weighted by atomic mass is 32.1. The van der Waals surface area contributed by atoms with E-state index in [4.69, 9.17) is 0 Å². The van der Waals surface area contributed by atoms with Gasteiger partial charge in [0.15, 0.2) is 0 Å². The number of thiophene rings is 1. The third kappa shape index (κ3) is 4.18. The summed E-state index contributed by atoms with van der Waals surface area (Å²) < 4.78 is 0. The van der Waals surface area contributed by atoms with E-state index < -0.39 is 0 Å². The molecule has 0 fully saturated rings. The van der Waals surface area contributed by atoms with E-state index in [0.717, 1.165) is 19.4 Å². The van der Waals surface area contributed by atoms with E-state index in [1.165, 1.54) is 32.9 Å². The second kappa shape index (κ2) is 7.77. The third-order valence-corrected chi connectivity index (χ3v) is 5.39. The van der Waals surface area contributed by atoms with Gasteiger partial charge in [-0.1, -0.05) is 32.0 Å². The van der Waals surface area contributed by atoms with Gasteiger partial charge in [0, 0.05) is 22.2 Å². The predicted octanol–water partition coefficient (Wildman–Crippen LogP) is 5.21. The number of nitrogens with one attached hydrogen (secondary N) is 1. The van der Waals surface area contributed by atoms with Crippen LogP contribution in [-0.2, 0) is 12.8 Å². The number of hydrogen-bond donors (Lipinski definition) is 1. The maximum atomic E-state index is 3.74. The van der Waals surface area contributed by atoms with E-state index in [1.54, 1.807) is 0 Å². The molecule has 2 heteroatoms. The maximum Gasteiger partial charge on any atom is 0.0371 e. The van der Waals surface area contributed by atoms with E-state index in [9.17, 15) is 0 Å². The Morgan fingerprint density at radius 2 is 1.81 bits per heavy atom. The summed E-state index contributed by atoms with van der Waals surface area (Å²) in [6.07, 6.45) is 3.40. The highest BCUT2D eigenvalue weighted by Crippen LogP contribution is 2.27. The molecule has 21 heavy (non-hydrogen) atoms. The Morgan fingerprint density at radius 1 is 1.05 bits per heavy atom. The Balaban J connectivity index is 2.23. The topological polar surface area (TPSA) is 12.0 Å². The van der Waals surface area contributed by atoms with Crippen LogP contribution in [0.4, 0.5) is 0 Å². The van der Waals surface area contributed by atoms with E-state index in [-0.39, 0.29) is 0 Å². The lowest BCUT2D eigenvalue weighted by Crippen LogP contribution is -2.24. The zero-order valence-corrected chi connectivity index (χ0v) is 14.5. The summed E-state index contributed by atoms with van der Waals surface area (Å²) in [5, 5.41) is 3.74. The molecule has 1 aromatic heterocycles. The van der Waals surface area contributed by atoms with Crippen LogP contribution in [0, 0.1) is 13.8 Å². The molecule has 1 heterocycles. The van der Waals surface area contributed by atoms with E-state index in [2.05, 4.69) is 63.3 Å². The summed E-state index contributed by atoms with van der Waals surface area (Å²) >= 11 is 1.96. The average molecular weight is 301 g/mol. The van der Waals surface area contributed by atoms with Crippen molar-refractivity contribution in [1.82, 2.24) is 5.32 Å². The second-order valence-electron chi connectivity index (χ2n) is 5.72. The molecule has 2 aromatic rings. The molecule has 0 saturated heterocycles. The number of benzene rings is 1. The molecule has 0 amide bonds. The molecular formula is C19H27NS. The summed E-state index contributed by atoms with van der Waals surface area (Å²) in [5.41, 5.74) is 4.27. The van der Waals surface area contributed by atoms with Crippen LogP contribution < -0.4 is 5.32 Å². The minimum absolute atomic E-state index is 0.424. The summed E-state index contributed by atoms with van der Waals surface area (Å²) in [6, 6.07) is 11.7. The molecule has 0 radical (unpaired) electrons. The zero-order valence-electron chi connectivity index (χ0n) is 13.7. The van der Waals surface area contributed by atoms with Gasteiger partial charge >= 0.3 is 0 Å². The first-order chi connectivity index (χ1) is 10.2. The minimum Gasteiger partial charge on any atom is -0.310 e. The quantitative estimate of drug-likeness (QED) is 0.740. The van der Waals surface area contributed by atoms with E-state index in [1.807, 2.05) is 11.3 Å². The smallest absolute Gasteiger partial charge is 0.0371 e. The van der Waals surface area contributed by atoms with Crippen molar-refractivity contribution in [3.8, 4) is 0 Å². The Morgan fingerprint density at radius 3 is 2.48 bits per heavy atom. The van der Waals surface area contributed by atoms with Crippen LogP contribution in [0.1, 0.15) is 52.8 Å². The molecule has 1 aromatic carbocycles. The van der Waals surface area contributed by atoms with Gasteiger partial charge in [0.25, 0.3) is 0 Å². The van der Waals surface area contributed by atoms with Gasteiger partial charge in [0.1, 0.15) is 0 Å². The van der Waals surface area contributed by atoms with Crippen molar-refractivity contribution < 1.29 is 0 Å². The molecular weight excluding hydrogens is 274 g/mol. The van der Waals surface area contributed by atoms with Crippen LogP contribution in [-0.4, -0.2) is 6.54 Å². The number of hydrogen-bond acceptors (Lipinski definition) is 2. The van der Waals surface area contributed by atoms with Gasteiger partial charge in [-0.3, -0.25) is 0 Å². The molecule has 0 aliphatic carbocycles. The Hall–Kier alpha value is -1.12. The lowest BCUT2D eigenvalue weighted by atomic mass is 9.95. The van der Waals surface area contributed by atoms with E-state index >= 15 is 0 Å². The van der Waals surface area contributed by atoms with Crippen molar-refractivity contribution in [2.24, 2.45) is 0 Å². The molecule has 0 bridgehead atoms. The normalized spacial score (nSPS) is 12.6. The Bertz CT molecular complexity index is 571. The SMILES string of the molecule is CCCNC(Cc1ccc(CC)s1)c1cccc(C)c1C. The van der Waals surface area contributed by atoms with Crippen LogP contribution in [0.3, 0.4) is 0 Å². The van der Waals surface area contributed by atoms with Crippen molar-refractivity contribution in [3.05, 3.63) is 56.8 Å². The molecule has 0 aliphatic rings. The van der Waals surface area contributed by atoms with Crippen LogP contribution in [0.25, 0.3) is 0 Å². The average Bonchev–Trinajstić information content (AvgIpc) is 2.94. The number of rotatable bonds is 7. The molecule has 0 spiro atoms. The molecule has 1 N–H and O–H groups in total. The summed E-state index contributed by atoms with van der Waals surface area (Å²) in [7, 11) is 0. The van der Waals surface area contributed by atoms with Gasteiger partial charge in [-0.25, -0.2) is 0 Å². The first kappa shape index (κ1) is 16.3. The molecule has 0 aliphatic heterocycles. The largest absolute Gasteiger partial charge is 0.310 e. The van der Waals surface area contributed by atoms with Crippen LogP contribution in [0.15, 0.2) is 30.3 Å². The van der Waals surface area contributed by atoms with E-state index in [0.29, 0.717) is 6.04 Å². The fourth-order valence-corrected chi connectivity index (χ4v) is 3.69. The van der Waals surface area contributed by atoms with Gasteiger partial charge in [0.05, 0.1) is 0 Å². The van der Waals surface area contributed by atoms with Crippen molar-refractivity contribution in [2.75, 3.05) is 6.54 Å². The Labute approximate surface area is 133 Å². The van der Waals surface area contributed by atoms with Crippen molar-refractivity contribution in [1.29, 1.82) is 0 Å². The van der Waals surface area contributed by atoms with Gasteiger partial charge in [0.2, 0.25) is 0 Å². The van der Waals surface area contributed by atoms with Crippen LogP contribution in [0.2, 0.25) is 0 Å². The van der Waals surface area contributed by atoms with Crippen molar-refractivity contribution in [2.45, 2.75) is 53.0 Å².